The fraction of sp³-hybridized carbons (Fsp3) is 0.381. The van der Waals surface area contributed by atoms with Crippen LogP contribution in [0.15, 0.2) is 42.5 Å². The van der Waals surface area contributed by atoms with Crippen LogP contribution in [0.5, 0.6) is 11.5 Å². The molecular weight excluding hydrogens is 350 g/mol. The van der Waals surface area contributed by atoms with Gasteiger partial charge < -0.3 is 14.8 Å². The number of amides is 1. The number of nitrogens with one attached hydrogen (secondary N) is 1. The molecule has 0 aliphatic rings. The lowest BCUT2D eigenvalue weighted by molar-refractivity contribution is -0.128. The van der Waals surface area contributed by atoms with E-state index in [-0.39, 0.29) is 5.91 Å². The molecular formula is C21H26ClNO3. The largest absolute Gasteiger partial charge is 0.492 e. The van der Waals surface area contributed by atoms with Crippen LogP contribution in [0, 0.1) is 6.92 Å². The van der Waals surface area contributed by atoms with Crippen LogP contribution < -0.4 is 14.8 Å². The van der Waals surface area contributed by atoms with Crippen LogP contribution in [0.25, 0.3) is 0 Å². The standard InChI is InChI=1S/C21H26ClNO3/c1-4-16-7-10-17(11-8-16)26-20(5-2)21(24)23-12-13-25-18-9-6-15(3)19(22)14-18/h6-11,14,20H,4-5,12-13H2,1-3H3,(H,23,24). The van der Waals surface area contributed by atoms with Crippen molar-refractivity contribution in [1.82, 2.24) is 5.32 Å². The topological polar surface area (TPSA) is 47.6 Å². The molecule has 0 spiro atoms. The average molecular weight is 376 g/mol. The zero-order valence-corrected chi connectivity index (χ0v) is 16.3. The molecule has 4 nitrogen and oxygen atoms in total. The van der Waals surface area contributed by atoms with Gasteiger partial charge in [0.25, 0.3) is 5.91 Å². The average Bonchev–Trinajstić information content (AvgIpc) is 2.66. The monoisotopic (exact) mass is 375 g/mol. The van der Waals surface area contributed by atoms with Crippen molar-refractivity contribution in [2.45, 2.75) is 39.7 Å². The molecule has 0 aliphatic carbocycles. The van der Waals surface area contributed by atoms with Crippen LogP contribution in [0.1, 0.15) is 31.4 Å². The third-order valence-corrected chi connectivity index (χ3v) is 4.49. The molecule has 26 heavy (non-hydrogen) atoms. The first-order chi connectivity index (χ1) is 12.5. The first-order valence-corrected chi connectivity index (χ1v) is 9.33. The van der Waals surface area contributed by atoms with Crippen molar-refractivity contribution in [2.75, 3.05) is 13.2 Å². The Bertz CT molecular complexity index is 716. The number of ether oxygens (including phenoxy) is 2. The predicted molar refractivity (Wildman–Crippen MR) is 105 cm³/mol. The Kier molecular flexibility index (Phi) is 7.79. The number of carbonyl (C=O) groups is 1. The van der Waals surface area contributed by atoms with Crippen molar-refractivity contribution >= 4 is 17.5 Å². The van der Waals surface area contributed by atoms with E-state index in [4.69, 9.17) is 21.1 Å². The summed E-state index contributed by atoms with van der Waals surface area (Å²) in [5.74, 6) is 1.25. The second kappa shape index (κ2) is 10.1. The Balaban J connectivity index is 1.78. The molecule has 0 bridgehead atoms. The van der Waals surface area contributed by atoms with Crippen LogP contribution in [0.3, 0.4) is 0 Å². The first-order valence-electron chi connectivity index (χ1n) is 8.95. The first kappa shape index (κ1) is 20.1. The molecule has 1 unspecified atom stereocenters. The van der Waals surface area contributed by atoms with Crippen LogP contribution in [-0.2, 0) is 11.2 Å². The molecule has 5 heteroatoms. The molecule has 1 N–H and O–H groups in total. The number of hydrogen-bond acceptors (Lipinski definition) is 3. The summed E-state index contributed by atoms with van der Waals surface area (Å²) >= 11 is 6.07. The zero-order valence-electron chi connectivity index (χ0n) is 15.5. The molecule has 0 fully saturated rings. The van der Waals surface area contributed by atoms with Crippen LogP contribution >= 0.6 is 11.6 Å². The van der Waals surface area contributed by atoms with E-state index in [1.54, 1.807) is 6.07 Å². The van der Waals surface area contributed by atoms with E-state index in [0.29, 0.717) is 36.1 Å². The molecule has 140 valence electrons. The van der Waals surface area contributed by atoms with Gasteiger partial charge in [0.05, 0.1) is 6.54 Å². The lowest BCUT2D eigenvalue weighted by Crippen LogP contribution is -2.39. The minimum atomic E-state index is -0.517. The highest BCUT2D eigenvalue weighted by molar-refractivity contribution is 6.31. The smallest absolute Gasteiger partial charge is 0.261 e. The molecule has 0 saturated carbocycles. The molecule has 2 aromatic carbocycles. The minimum Gasteiger partial charge on any atom is -0.492 e. The van der Waals surface area contributed by atoms with Crippen molar-refractivity contribution in [3.8, 4) is 11.5 Å². The number of carbonyl (C=O) groups excluding carboxylic acids is 1. The lowest BCUT2D eigenvalue weighted by atomic mass is 10.2. The van der Waals surface area contributed by atoms with E-state index in [9.17, 15) is 4.79 Å². The molecule has 0 saturated heterocycles. The Labute approximate surface area is 160 Å². The number of aryl methyl sites for hydroxylation is 2. The quantitative estimate of drug-likeness (QED) is 0.653. The van der Waals surface area contributed by atoms with Crippen LogP contribution in [0.2, 0.25) is 5.02 Å². The van der Waals surface area contributed by atoms with Crippen molar-refractivity contribution < 1.29 is 14.3 Å². The van der Waals surface area contributed by atoms with Gasteiger partial charge >= 0.3 is 0 Å². The van der Waals surface area contributed by atoms with Gasteiger partial charge in [-0.05, 0) is 55.2 Å². The number of hydrogen-bond donors (Lipinski definition) is 1. The third-order valence-electron chi connectivity index (χ3n) is 4.09. The maximum atomic E-state index is 12.3. The molecule has 1 amide bonds. The van der Waals surface area contributed by atoms with Gasteiger partial charge in [-0.3, -0.25) is 4.79 Å². The summed E-state index contributed by atoms with van der Waals surface area (Å²) in [5, 5.41) is 3.52. The van der Waals surface area contributed by atoms with Crippen molar-refractivity contribution in [3.63, 3.8) is 0 Å². The summed E-state index contributed by atoms with van der Waals surface area (Å²) in [6, 6.07) is 13.4. The third kappa shape index (κ3) is 5.95. The van der Waals surface area contributed by atoms with Gasteiger partial charge in [0.15, 0.2) is 6.10 Å². The molecule has 0 heterocycles. The van der Waals surface area contributed by atoms with Gasteiger partial charge in [-0.15, -0.1) is 0 Å². The highest BCUT2D eigenvalue weighted by Crippen LogP contribution is 2.21. The van der Waals surface area contributed by atoms with Gasteiger partial charge in [-0.25, -0.2) is 0 Å². The second-order valence-electron chi connectivity index (χ2n) is 6.06. The Morgan fingerprint density at radius 2 is 1.81 bits per heavy atom. The van der Waals surface area contributed by atoms with Gasteiger partial charge in [0, 0.05) is 5.02 Å². The van der Waals surface area contributed by atoms with Gasteiger partial charge in [-0.2, -0.15) is 0 Å². The zero-order chi connectivity index (χ0) is 18.9. The van der Waals surface area contributed by atoms with E-state index in [1.165, 1.54) is 5.56 Å². The fourth-order valence-electron chi connectivity index (χ4n) is 2.41. The highest BCUT2D eigenvalue weighted by atomic mass is 35.5. The van der Waals surface area contributed by atoms with E-state index in [2.05, 4.69) is 12.2 Å². The van der Waals surface area contributed by atoms with Crippen molar-refractivity contribution in [3.05, 3.63) is 58.6 Å². The maximum absolute atomic E-state index is 12.3. The predicted octanol–water partition coefficient (Wildman–Crippen LogP) is 4.56. The van der Waals surface area contributed by atoms with E-state index < -0.39 is 6.10 Å². The van der Waals surface area contributed by atoms with Crippen LogP contribution in [-0.4, -0.2) is 25.2 Å². The van der Waals surface area contributed by atoms with Gasteiger partial charge in [0.1, 0.15) is 18.1 Å². The summed E-state index contributed by atoms with van der Waals surface area (Å²) in [5.41, 5.74) is 2.24. The summed E-state index contributed by atoms with van der Waals surface area (Å²) < 4.78 is 11.4. The molecule has 0 radical (unpaired) electrons. The molecule has 2 aromatic rings. The van der Waals surface area contributed by atoms with E-state index in [0.717, 1.165) is 12.0 Å². The van der Waals surface area contributed by atoms with E-state index in [1.807, 2.05) is 50.2 Å². The molecule has 0 aromatic heterocycles. The molecule has 0 aliphatic heterocycles. The summed E-state index contributed by atoms with van der Waals surface area (Å²) in [7, 11) is 0. The lowest BCUT2D eigenvalue weighted by Gasteiger charge is -2.17. The molecule has 1 atom stereocenters. The SMILES string of the molecule is CCc1ccc(OC(CC)C(=O)NCCOc2ccc(C)c(Cl)c2)cc1. The van der Waals surface area contributed by atoms with Crippen molar-refractivity contribution in [1.29, 1.82) is 0 Å². The van der Waals surface area contributed by atoms with Gasteiger partial charge in [0.2, 0.25) is 0 Å². The Hall–Kier alpha value is -2.20. The fourth-order valence-corrected chi connectivity index (χ4v) is 2.58. The normalized spacial score (nSPS) is 11.7. The number of benzene rings is 2. The summed E-state index contributed by atoms with van der Waals surface area (Å²) in [6.45, 7) is 6.74. The summed E-state index contributed by atoms with van der Waals surface area (Å²) in [6.07, 6.45) is 1.05. The minimum absolute atomic E-state index is 0.141. The van der Waals surface area contributed by atoms with Gasteiger partial charge in [-0.1, -0.05) is 43.6 Å². The molecule has 2 rings (SSSR count). The van der Waals surface area contributed by atoms with Crippen molar-refractivity contribution in [2.24, 2.45) is 0 Å². The second-order valence-corrected chi connectivity index (χ2v) is 6.47. The van der Waals surface area contributed by atoms with Crippen LogP contribution in [0.4, 0.5) is 0 Å². The number of halogens is 1. The Morgan fingerprint density at radius 3 is 2.42 bits per heavy atom. The van der Waals surface area contributed by atoms with E-state index >= 15 is 0 Å². The number of rotatable bonds is 9. The Morgan fingerprint density at radius 1 is 1.12 bits per heavy atom. The summed E-state index contributed by atoms with van der Waals surface area (Å²) in [4.78, 5) is 12.3. The maximum Gasteiger partial charge on any atom is 0.261 e. The highest BCUT2D eigenvalue weighted by Gasteiger charge is 2.17.